The van der Waals surface area contributed by atoms with Crippen molar-refractivity contribution in [2.24, 2.45) is 0 Å². The zero-order valence-corrected chi connectivity index (χ0v) is 9.78. The second-order valence-corrected chi connectivity index (χ2v) is 5.06. The van der Waals surface area contributed by atoms with Crippen molar-refractivity contribution in [3.05, 3.63) is 30.1 Å². The van der Waals surface area contributed by atoms with E-state index in [-0.39, 0.29) is 17.5 Å². The monoisotopic (exact) mass is 223 g/mol. The molecule has 1 fully saturated rings. The number of benzene rings is 1. The number of rotatable bonds is 1. The van der Waals surface area contributed by atoms with Gasteiger partial charge in [0.1, 0.15) is 5.82 Å². The molecule has 1 aromatic carbocycles. The van der Waals surface area contributed by atoms with Gasteiger partial charge in [0.2, 0.25) is 0 Å². The molecule has 16 heavy (non-hydrogen) atoms. The summed E-state index contributed by atoms with van der Waals surface area (Å²) in [4.78, 5) is 2.05. The Hall–Kier alpha value is -1.09. The number of aliphatic hydroxyl groups excluding tert-OH is 1. The second-order valence-electron chi connectivity index (χ2n) is 5.06. The fraction of sp³-hybridized carbons (Fsp3) is 0.538. The molecular weight excluding hydrogens is 205 g/mol. The van der Waals surface area contributed by atoms with Crippen LogP contribution in [-0.4, -0.2) is 23.3 Å². The number of halogens is 1. The first kappa shape index (κ1) is 11.4. The number of para-hydroxylation sites is 1. The fourth-order valence-electron chi connectivity index (χ4n) is 2.49. The molecular formula is C13H18FNO. The Morgan fingerprint density at radius 1 is 1.38 bits per heavy atom. The van der Waals surface area contributed by atoms with Gasteiger partial charge >= 0.3 is 0 Å². The predicted octanol–water partition coefficient (Wildman–Crippen LogP) is 2.57. The van der Waals surface area contributed by atoms with Gasteiger partial charge in [0.25, 0.3) is 0 Å². The quantitative estimate of drug-likeness (QED) is 0.791. The van der Waals surface area contributed by atoms with Crippen LogP contribution in [0.25, 0.3) is 0 Å². The van der Waals surface area contributed by atoms with E-state index in [1.807, 2.05) is 19.9 Å². The van der Waals surface area contributed by atoms with E-state index < -0.39 is 0 Å². The molecule has 0 spiro atoms. The maximum Gasteiger partial charge on any atom is 0.146 e. The Kier molecular flexibility index (Phi) is 2.89. The third kappa shape index (κ3) is 2.05. The van der Waals surface area contributed by atoms with Crippen LogP contribution in [0, 0.1) is 5.82 Å². The standard InChI is InChI=1S/C13H18FNO/c1-13(2)9-10(16)7-8-15(13)12-6-4-3-5-11(12)14/h3-6,10,16H,7-9H2,1-2H3. The molecule has 88 valence electrons. The lowest BCUT2D eigenvalue weighted by Crippen LogP contribution is -2.52. The average molecular weight is 223 g/mol. The fourth-order valence-corrected chi connectivity index (χ4v) is 2.49. The Morgan fingerprint density at radius 2 is 2.06 bits per heavy atom. The van der Waals surface area contributed by atoms with Gasteiger partial charge in [-0.2, -0.15) is 0 Å². The number of piperidine rings is 1. The lowest BCUT2D eigenvalue weighted by atomic mass is 9.88. The summed E-state index contributed by atoms with van der Waals surface area (Å²) in [6, 6.07) is 6.83. The van der Waals surface area contributed by atoms with Gasteiger partial charge < -0.3 is 10.0 Å². The molecule has 0 aromatic heterocycles. The molecule has 1 aliphatic rings. The van der Waals surface area contributed by atoms with Crippen LogP contribution in [0.2, 0.25) is 0 Å². The topological polar surface area (TPSA) is 23.5 Å². The normalized spacial score (nSPS) is 24.5. The van der Waals surface area contributed by atoms with E-state index in [0.717, 1.165) is 0 Å². The van der Waals surface area contributed by atoms with Gasteiger partial charge in [-0.1, -0.05) is 12.1 Å². The van der Waals surface area contributed by atoms with Gasteiger partial charge in [0.05, 0.1) is 11.8 Å². The summed E-state index contributed by atoms with van der Waals surface area (Å²) in [5.41, 5.74) is 0.444. The SMILES string of the molecule is CC1(C)CC(O)CCN1c1ccccc1F. The van der Waals surface area contributed by atoms with Crippen LogP contribution in [0.3, 0.4) is 0 Å². The van der Waals surface area contributed by atoms with Crippen LogP contribution in [0.15, 0.2) is 24.3 Å². The van der Waals surface area contributed by atoms with E-state index in [1.54, 1.807) is 12.1 Å². The van der Waals surface area contributed by atoms with Crippen molar-refractivity contribution < 1.29 is 9.50 Å². The first-order chi connectivity index (χ1) is 7.50. The molecule has 1 saturated heterocycles. The molecule has 1 heterocycles. The molecule has 1 aliphatic heterocycles. The third-order valence-electron chi connectivity index (χ3n) is 3.30. The Morgan fingerprint density at radius 3 is 2.69 bits per heavy atom. The van der Waals surface area contributed by atoms with Gasteiger partial charge in [0.15, 0.2) is 0 Å². The lowest BCUT2D eigenvalue weighted by molar-refractivity contribution is 0.107. The Labute approximate surface area is 95.7 Å². The maximum atomic E-state index is 13.7. The van der Waals surface area contributed by atoms with Crippen molar-refractivity contribution in [1.29, 1.82) is 0 Å². The van der Waals surface area contributed by atoms with Gasteiger partial charge in [0, 0.05) is 12.1 Å². The zero-order valence-electron chi connectivity index (χ0n) is 9.78. The van der Waals surface area contributed by atoms with Crippen molar-refractivity contribution in [2.75, 3.05) is 11.4 Å². The molecule has 0 aliphatic carbocycles. The highest BCUT2D eigenvalue weighted by Crippen LogP contribution is 2.33. The Balaban J connectivity index is 2.31. The average Bonchev–Trinajstić information content (AvgIpc) is 2.18. The van der Waals surface area contributed by atoms with Gasteiger partial charge in [-0.05, 0) is 38.8 Å². The van der Waals surface area contributed by atoms with Crippen molar-refractivity contribution in [3.8, 4) is 0 Å². The molecule has 0 saturated carbocycles. The predicted molar refractivity (Wildman–Crippen MR) is 63.1 cm³/mol. The highest BCUT2D eigenvalue weighted by atomic mass is 19.1. The van der Waals surface area contributed by atoms with E-state index in [0.29, 0.717) is 25.1 Å². The highest BCUT2D eigenvalue weighted by molar-refractivity contribution is 5.50. The largest absolute Gasteiger partial charge is 0.393 e. The van der Waals surface area contributed by atoms with E-state index >= 15 is 0 Å². The van der Waals surface area contributed by atoms with Crippen LogP contribution in [0.4, 0.5) is 10.1 Å². The summed E-state index contributed by atoms with van der Waals surface area (Å²) in [5, 5.41) is 9.66. The van der Waals surface area contributed by atoms with Crippen LogP contribution in [0.5, 0.6) is 0 Å². The minimum absolute atomic E-state index is 0.188. The summed E-state index contributed by atoms with van der Waals surface area (Å²) in [6.45, 7) is 4.79. The van der Waals surface area contributed by atoms with Crippen molar-refractivity contribution in [2.45, 2.75) is 38.3 Å². The van der Waals surface area contributed by atoms with E-state index in [9.17, 15) is 9.50 Å². The van der Waals surface area contributed by atoms with Crippen LogP contribution < -0.4 is 4.90 Å². The minimum Gasteiger partial charge on any atom is -0.393 e. The maximum absolute atomic E-state index is 13.7. The first-order valence-electron chi connectivity index (χ1n) is 5.71. The van der Waals surface area contributed by atoms with Crippen LogP contribution in [-0.2, 0) is 0 Å². The number of nitrogens with zero attached hydrogens (tertiary/aromatic N) is 1. The van der Waals surface area contributed by atoms with Gasteiger partial charge in [-0.3, -0.25) is 0 Å². The van der Waals surface area contributed by atoms with Gasteiger partial charge in [-0.15, -0.1) is 0 Å². The molecule has 2 nitrogen and oxygen atoms in total. The number of aliphatic hydroxyl groups is 1. The van der Waals surface area contributed by atoms with Crippen LogP contribution >= 0.6 is 0 Å². The Bertz CT molecular complexity index is 378. The summed E-state index contributed by atoms with van der Waals surface area (Å²) in [7, 11) is 0. The first-order valence-corrected chi connectivity index (χ1v) is 5.71. The van der Waals surface area contributed by atoms with Crippen molar-refractivity contribution >= 4 is 5.69 Å². The molecule has 0 amide bonds. The van der Waals surface area contributed by atoms with Crippen molar-refractivity contribution in [1.82, 2.24) is 0 Å². The summed E-state index contributed by atoms with van der Waals surface area (Å²) in [5.74, 6) is -0.188. The smallest absolute Gasteiger partial charge is 0.146 e. The summed E-state index contributed by atoms with van der Waals surface area (Å²) in [6.07, 6.45) is 1.12. The highest BCUT2D eigenvalue weighted by Gasteiger charge is 2.34. The third-order valence-corrected chi connectivity index (χ3v) is 3.30. The molecule has 1 N–H and O–H groups in total. The van der Waals surface area contributed by atoms with E-state index in [4.69, 9.17) is 0 Å². The second kappa shape index (κ2) is 4.06. The summed E-state index contributed by atoms with van der Waals surface area (Å²) >= 11 is 0. The molecule has 1 aromatic rings. The minimum atomic E-state index is -0.266. The van der Waals surface area contributed by atoms with E-state index in [1.165, 1.54) is 6.07 Å². The molecule has 3 heteroatoms. The summed E-state index contributed by atoms with van der Waals surface area (Å²) < 4.78 is 13.7. The number of hydrogen-bond acceptors (Lipinski definition) is 2. The molecule has 1 unspecified atom stereocenters. The molecule has 2 rings (SSSR count). The zero-order chi connectivity index (χ0) is 11.8. The number of hydrogen-bond donors (Lipinski definition) is 1. The lowest BCUT2D eigenvalue weighted by Gasteiger charge is -2.46. The van der Waals surface area contributed by atoms with Gasteiger partial charge in [-0.25, -0.2) is 4.39 Å². The molecule has 1 atom stereocenters. The van der Waals surface area contributed by atoms with Crippen molar-refractivity contribution in [3.63, 3.8) is 0 Å². The molecule has 0 radical (unpaired) electrons. The van der Waals surface area contributed by atoms with E-state index in [2.05, 4.69) is 4.90 Å². The molecule has 0 bridgehead atoms. The van der Waals surface area contributed by atoms with Crippen LogP contribution in [0.1, 0.15) is 26.7 Å². The number of anilines is 1.